The molecule has 1 amide bonds. The summed E-state index contributed by atoms with van der Waals surface area (Å²) in [7, 11) is 0. The van der Waals surface area contributed by atoms with Crippen LogP contribution < -0.4 is 11.1 Å². The molecule has 14 heavy (non-hydrogen) atoms. The topological polar surface area (TPSA) is 55.1 Å². The molecule has 0 aromatic rings. The van der Waals surface area contributed by atoms with E-state index in [1.54, 1.807) is 0 Å². The summed E-state index contributed by atoms with van der Waals surface area (Å²) in [6, 6.07) is -0.0621. The first-order chi connectivity index (χ1) is 6.61. The number of thioether (sulfide) groups is 1. The van der Waals surface area contributed by atoms with Gasteiger partial charge in [0.15, 0.2) is 0 Å². The molecule has 0 bridgehead atoms. The summed E-state index contributed by atoms with van der Waals surface area (Å²) < 4.78 is 0. The van der Waals surface area contributed by atoms with Gasteiger partial charge in [-0.05, 0) is 30.8 Å². The van der Waals surface area contributed by atoms with Gasteiger partial charge in [0.05, 0.1) is 0 Å². The molecule has 3 nitrogen and oxygen atoms in total. The first kappa shape index (κ1) is 11.9. The maximum Gasteiger partial charge on any atom is 0.224 e. The minimum atomic E-state index is -0.0796. The molecule has 3 unspecified atom stereocenters. The molecule has 1 rings (SSSR count). The van der Waals surface area contributed by atoms with Gasteiger partial charge in [-0.15, -0.1) is 0 Å². The summed E-state index contributed by atoms with van der Waals surface area (Å²) >= 11 is 1.97. The van der Waals surface area contributed by atoms with Gasteiger partial charge in [0, 0.05) is 18.5 Å². The van der Waals surface area contributed by atoms with E-state index in [1.165, 1.54) is 17.9 Å². The van der Waals surface area contributed by atoms with Crippen LogP contribution in [-0.4, -0.2) is 30.0 Å². The second-order valence-corrected chi connectivity index (χ2v) is 5.27. The third kappa shape index (κ3) is 3.50. The minimum Gasteiger partial charge on any atom is -0.356 e. The normalized spacial score (nSPS) is 25.8. The van der Waals surface area contributed by atoms with Crippen molar-refractivity contribution in [3.8, 4) is 0 Å². The monoisotopic (exact) mass is 216 g/mol. The van der Waals surface area contributed by atoms with E-state index < -0.39 is 0 Å². The van der Waals surface area contributed by atoms with Gasteiger partial charge in [0.2, 0.25) is 5.91 Å². The van der Waals surface area contributed by atoms with Crippen LogP contribution in [0.4, 0.5) is 0 Å². The molecule has 4 heteroatoms. The molecule has 0 aromatic carbocycles. The SMILES string of the molecule is CC(N)C(C)C(=O)NCC1CCSC1. The van der Waals surface area contributed by atoms with Crippen LogP contribution in [0.25, 0.3) is 0 Å². The Bertz CT molecular complexity index is 191. The van der Waals surface area contributed by atoms with Gasteiger partial charge in [-0.25, -0.2) is 0 Å². The number of nitrogens with one attached hydrogen (secondary N) is 1. The lowest BCUT2D eigenvalue weighted by atomic mass is 10.0. The molecule has 0 radical (unpaired) electrons. The fraction of sp³-hybridized carbons (Fsp3) is 0.900. The van der Waals surface area contributed by atoms with E-state index in [9.17, 15) is 4.79 Å². The summed E-state index contributed by atoms with van der Waals surface area (Å²) in [5.41, 5.74) is 5.66. The molecule has 3 atom stereocenters. The fourth-order valence-electron chi connectivity index (χ4n) is 1.39. The highest BCUT2D eigenvalue weighted by molar-refractivity contribution is 7.99. The number of hydrogen-bond acceptors (Lipinski definition) is 3. The van der Waals surface area contributed by atoms with Crippen molar-refractivity contribution in [2.24, 2.45) is 17.6 Å². The van der Waals surface area contributed by atoms with Gasteiger partial charge in [0.1, 0.15) is 0 Å². The quantitative estimate of drug-likeness (QED) is 0.732. The zero-order valence-corrected chi connectivity index (χ0v) is 9.77. The predicted molar refractivity (Wildman–Crippen MR) is 61.3 cm³/mol. The van der Waals surface area contributed by atoms with Crippen molar-refractivity contribution in [2.75, 3.05) is 18.1 Å². The lowest BCUT2D eigenvalue weighted by Crippen LogP contribution is -2.40. The average Bonchev–Trinajstić information content (AvgIpc) is 2.65. The Morgan fingerprint density at radius 2 is 2.36 bits per heavy atom. The Kier molecular flexibility index (Phi) is 4.75. The Morgan fingerprint density at radius 3 is 2.86 bits per heavy atom. The van der Waals surface area contributed by atoms with Crippen molar-refractivity contribution in [1.82, 2.24) is 5.32 Å². The molecule has 0 spiro atoms. The zero-order chi connectivity index (χ0) is 10.6. The van der Waals surface area contributed by atoms with Crippen LogP contribution >= 0.6 is 11.8 Å². The summed E-state index contributed by atoms with van der Waals surface area (Å²) in [5, 5.41) is 2.97. The van der Waals surface area contributed by atoms with E-state index >= 15 is 0 Å². The fourth-order valence-corrected chi connectivity index (χ4v) is 2.67. The van der Waals surface area contributed by atoms with Crippen molar-refractivity contribution in [3.05, 3.63) is 0 Å². The molecule has 0 saturated carbocycles. The average molecular weight is 216 g/mol. The van der Waals surface area contributed by atoms with Crippen LogP contribution in [0, 0.1) is 11.8 Å². The molecule has 1 fully saturated rings. The maximum atomic E-state index is 11.5. The van der Waals surface area contributed by atoms with Gasteiger partial charge in [-0.3, -0.25) is 4.79 Å². The number of carbonyl (C=O) groups is 1. The van der Waals surface area contributed by atoms with Crippen molar-refractivity contribution >= 4 is 17.7 Å². The van der Waals surface area contributed by atoms with E-state index in [4.69, 9.17) is 5.73 Å². The zero-order valence-electron chi connectivity index (χ0n) is 8.95. The lowest BCUT2D eigenvalue weighted by Gasteiger charge is -2.17. The van der Waals surface area contributed by atoms with E-state index in [2.05, 4.69) is 5.32 Å². The van der Waals surface area contributed by atoms with Crippen molar-refractivity contribution in [3.63, 3.8) is 0 Å². The second kappa shape index (κ2) is 5.61. The lowest BCUT2D eigenvalue weighted by molar-refractivity contribution is -0.125. The number of rotatable bonds is 4. The van der Waals surface area contributed by atoms with Crippen LogP contribution in [0.5, 0.6) is 0 Å². The third-order valence-corrected chi connectivity index (χ3v) is 4.02. The van der Waals surface area contributed by atoms with Crippen molar-refractivity contribution < 1.29 is 4.79 Å². The molecule has 1 heterocycles. The molecular formula is C10H20N2OS. The van der Waals surface area contributed by atoms with E-state index in [0.29, 0.717) is 5.92 Å². The van der Waals surface area contributed by atoms with E-state index in [-0.39, 0.29) is 17.9 Å². The largest absolute Gasteiger partial charge is 0.356 e. The van der Waals surface area contributed by atoms with Gasteiger partial charge < -0.3 is 11.1 Å². The summed E-state index contributed by atoms with van der Waals surface area (Å²) in [6.45, 7) is 4.57. The number of amides is 1. The van der Waals surface area contributed by atoms with Crippen LogP contribution in [-0.2, 0) is 4.79 Å². The van der Waals surface area contributed by atoms with Crippen molar-refractivity contribution in [2.45, 2.75) is 26.3 Å². The Hall–Kier alpha value is -0.220. The number of nitrogens with two attached hydrogens (primary N) is 1. The molecule has 1 aliphatic rings. The second-order valence-electron chi connectivity index (χ2n) is 4.12. The molecule has 1 saturated heterocycles. The molecule has 0 aliphatic carbocycles. The summed E-state index contributed by atoms with van der Waals surface area (Å²) in [4.78, 5) is 11.5. The first-order valence-corrected chi connectivity index (χ1v) is 6.37. The van der Waals surface area contributed by atoms with Gasteiger partial charge in [-0.1, -0.05) is 6.92 Å². The van der Waals surface area contributed by atoms with Gasteiger partial charge in [0.25, 0.3) is 0 Å². The summed E-state index contributed by atoms with van der Waals surface area (Å²) in [5.74, 6) is 3.11. The van der Waals surface area contributed by atoms with E-state index in [0.717, 1.165) is 6.54 Å². The van der Waals surface area contributed by atoms with Gasteiger partial charge in [-0.2, -0.15) is 11.8 Å². The maximum absolute atomic E-state index is 11.5. The molecule has 82 valence electrons. The molecular weight excluding hydrogens is 196 g/mol. The highest BCUT2D eigenvalue weighted by Crippen LogP contribution is 2.22. The predicted octanol–water partition coefficient (Wildman–Crippen LogP) is 0.839. The van der Waals surface area contributed by atoms with Crippen LogP contribution in [0.1, 0.15) is 20.3 Å². The Labute approximate surface area is 90.2 Å². The molecule has 3 N–H and O–H groups in total. The highest BCUT2D eigenvalue weighted by atomic mass is 32.2. The van der Waals surface area contributed by atoms with E-state index in [1.807, 2.05) is 25.6 Å². The summed E-state index contributed by atoms with van der Waals surface area (Å²) in [6.07, 6.45) is 1.23. The van der Waals surface area contributed by atoms with Crippen LogP contribution in [0.15, 0.2) is 0 Å². The Balaban J connectivity index is 2.19. The molecule has 0 aromatic heterocycles. The minimum absolute atomic E-state index is 0.0621. The standard InChI is InChI=1S/C10H20N2OS/c1-7(8(2)11)10(13)12-5-9-3-4-14-6-9/h7-9H,3-6,11H2,1-2H3,(H,12,13). The first-order valence-electron chi connectivity index (χ1n) is 5.22. The smallest absolute Gasteiger partial charge is 0.224 e. The van der Waals surface area contributed by atoms with Crippen LogP contribution in [0.2, 0.25) is 0 Å². The number of hydrogen-bond donors (Lipinski definition) is 2. The highest BCUT2D eigenvalue weighted by Gasteiger charge is 2.20. The molecule has 1 aliphatic heterocycles. The number of carbonyl (C=O) groups excluding carboxylic acids is 1. The third-order valence-electron chi connectivity index (χ3n) is 2.79. The van der Waals surface area contributed by atoms with Crippen molar-refractivity contribution in [1.29, 1.82) is 0 Å². The van der Waals surface area contributed by atoms with Gasteiger partial charge >= 0.3 is 0 Å². The Morgan fingerprint density at radius 1 is 1.64 bits per heavy atom. The van der Waals surface area contributed by atoms with Crippen LogP contribution in [0.3, 0.4) is 0 Å².